The molecule has 0 aromatic carbocycles. The maximum Gasteiger partial charge on any atom is 0.0733 e. The highest BCUT2D eigenvalue weighted by Gasteiger charge is 2.50. The van der Waals surface area contributed by atoms with Crippen LogP contribution in [-0.2, 0) is 4.74 Å². The van der Waals surface area contributed by atoms with Crippen molar-refractivity contribution < 1.29 is 4.74 Å². The van der Waals surface area contributed by atoms with Crippen molar-refractivity contribution in [1.82, 2.24) is 0 Å². The maximum absolute atomic E-state index is 6.41. The van der Waals surface area contributed by atoms with Crippen LogP contribution in [0.2, 0.25) is 0 Å². The summed E-state index contributed by atoms with van der Waals surface area (Å²) in [4.78, 5) is 0. The van der Waals surface area contributed by atoms with E-state index in [4.69, 9.17) is 4.74 Å². The predicted octanol–water partition coefficient (Wildman–Crippen LogP) is 3.63. The Labute approximate surface area is 93.6 Å². The summed E-state index contributed by atoms with van der Waals surface area (Å²) in [6.45, 7) is 5.92. The number of hydrogen-bond acceptors (Lipinski definition) is 1. The zero-order valence-corrected chi connectivity index (χ0v) is 10.2. The third kappa shape index (κ3) is 1.54. The van der Waals surface area contributed by atoms with Crippen LogP contribution in [0.25, 0.3) is 0 Å². The third-order valence-electron chi connectivity index (χ3n) is 5.48. The monoisotopic (exact) mass is 208 g/mol. The molecule has 3 rings (SSSR count). The van der Waals surface area contributed by atoms with E-state index in [0.717, 1.165) is 30.3 Å². The lowest BCUT2D eigenvalue weighted by molar-refractivity contribution is -0.139. The summed E-state index contributed by atoms with van der Waals surface area (Å²) in [7, 11) is 0. The van der Waals surface area contributed by atoms with Crippen molar-refractivity contribution in [1.29, 1.82) is 0 Å². The van der Waals surface area contributed by atoms with Gasteiger partial charge in [0.25, 0.3) is 0 Å². The Morgan fingerprint density at radius 1 is 1.00 bits per heavy atom. The minimum atomic E-state index is 0.270. The topological polar surface area (TPSA) is 9.23 Å². The number of fused-ring (bicyclic) bond motifs is 1. The first-order chi connectivity index (χ1) is 7.22. The molecule has 3 aliphatic rings. The Hall–Kier alpha value is -0.0400. The zero-order chi connectivity index (χ0) is 10.5. The fraction of sp³-hybridized carbons (Fsp3) is 1.00. The second kappa shape index (κ2) is 3.48. The quantitative estimate of drug-likeness (QED) is 0.590. The van der Waals surface area contributed by atoms with E-state index in [1.54, 1.807) is 0 Å². The highest BCUT2D eigenvalue weighted by Crippen LogP contribution is 2.53. The summed E-state index contributed by atoms with van der Waals surface area (Å²) in [6, 6.07) is 0. The minimum Gasteiger partial charge on any atom is -0.374 e. The first-order valence-electron chi connectivity index (χ1n) is 6.86. The van der Waals surface area contributed by atoms with E-state index in [9.17, 15) is 0 Å². The van der Waals surface area contributed by atoms with Gasteiger partial charge < -0.3 is 4.74 Å². The van der Waals surface area contributed by atoms with Crippen LogP contribution in [0.5, 0.6) is 0 Å². The first-order valence-corrected chi connectivity index (χ1v) is 6.86. The Kier molecular flexibility index (Phi) is 2.35. The van der Waals surface area contributed by atoms with E-state index in [2.05, 4.69) is 13.8 Å². The van der Waals surface area contributed by atoms with Gasteiger partial charge in [-0.2, -0.15) is 0 Å². The molecule has 3 fully saturated rings. The van der Waals surface area contributed by atoms with E-state index in [1.807, 2.05) is 0 Å². The smallest absolute Gasteiger partial charge is 0.0733 e. The highest BCUT2D eigenvalue weighted by molar-refractivity contribution is 5.00. The minimum absolute atomic E-state index is 0.270. The van der Waals surface area contributed by atoms with Crippen LogP contribution in [0.4, 0.5) is 0 Å². The van der Waals surface area contributed by atoms with Crippen LogP contribution in [-0.4, -0.2) is 12.2 Å². The predicted molar refractivity (Wildman–Crippen MR) is 61.7 cm³/mol. The fourth-order valence-electron chi connectivity index (χ4n) is 4.10. The summed E-state index contributed by atoms with van der Waals surface area (Å²) in [6.07, 6.45) is 8.44. The van der Waals surface area contributed by atoms with Crippen LogP contribution >= 0.6 is 0 Å². The van der Waals surface area contributed by atoms with E-state index >= 15 is 0 Å². The lowest BCUT2D eigenvalue weighted by Crippen LogP contribution is -2.48. The number of rotatable bonds is 0. The van der Waals surface area contributed by atoms with Crippen molar-refractivity contribution in [3.63, 3.8) is 0 Å². The van der Waals surface area contributed by atoms with Crippen molar-refractivity contribution in [2.24, 2.45) is 23.7 Å². The summed E-state index contributed by atoms with van der Waals surface area (Å²) in [5.74, 6) is 3.55. The van der Waals surface area contributed by atoms with E-state index in [1.165, 1.54) is 38.5 Å². The van der Waals surface area contributed by atoms with Gasteiger partial charge in [0.15, 0.2) is 0 Å². The van der Waals surface area contributed by atoms with Gasteiger partial charge >= 0.3 is 0 Å². The first kappa shape index (κ1) is 10.1. The van der Waals surface area contributed by atoms with Crippen molar-refractivity contribution in [3.05, 3.63) is 0 Å². The van der Waals surface area contributed by atoms with Gasteiger partial charge in [0.2, 0.25) is 0 Å². The molecule has 1 aliphatic heterocycles. The van der Waals surface area contributed by atoms with E-state index < -0.39 is 0 Å². The molecule has 0 radical (unpaired) electrons. The second-order valence-corrected chi connectivity index (χ2v) is 6.29. The Bertz CT molecular complexity index is 224. The molecule has 0 N–H and O–H groups in total. The molecule has 1 saturated heterocycles. The van der Waals surface area contributed by atoms with Crippen LogP contribution in [0.15, 0.2) is 0 Å². The van der Waals surface area contributed by atoms with Crippen LogP contribution < -0.4 is 0 Å². The van der Waals surface area contributed by atoms with Crippen molar-refractivity contribution in [2.75, 3.05) is 6.61 Å². The van der Waals surface area contributed by atoms with Gasteiger partial charge in [-0.05, 0) is 55.8 Å². The third-order valence-corrected chi connectivity index (χ3v) is 5.48. The molecule has 1 heteroatoms. The molecule has 2 saturated carbocycles. The lowest BCUT2D eigenvalue weighted by Gasteiger charge is -2.47. The van der Waals surface area contributed by atoms with Gasteiger partial charge in [0, 0.05) is 0 Å². The van der Waals surface area contributed by atoms with Gasteiger partial charge in [0.1, 0.15) is 0 Å². The lowest BCUT2D eigenvalue weighted by atomic mass is 9.67. The van der Waals surface area contributed by atoms with Crippen LogP contribution in [0.1, 0.15) is 52.4 Å². The summed E-state index contributed by atoms with van der Waals surface area (Å²) in [5.41, 5.74) is 0.270. The average Bonchev–Trinajstić information content (AvgIpc) is 2.94. The molecule has 0 aromatic rings. The van der Waals surface area contributed by atoms with E-state index in [-0.39, 0.29) is 5.60 Å². The molecule has 1 heterocycles. The number of hydrogen-bond donors (Lipinski definition) is 0. The molecule has 1 spiro atoms. The molecule has 2 aliphatic carbocycles. The number of ether oxygens (including phenoxy) is 1. The normalized spacial score (nSPS) is 54.8. The van der Waals surface area contributed by atoms with Crippen LogP contribution in [0.3, 0.4) is 0 Å². The largest absolute Gasteiger partial charge is 0.374 e. The van der Waals surface area contributed by atoms with Crippen molar-refractivity contribution in [2.45, 2.75) is 58.0 Å². The maximum atomic E-state index is 6.41. The molecule has 1 unspecified atom stereocenters. The van der Waals surface area contributed by atoms with E-state index in [0.29, 0.717) is 0 Å². The van der Waals surface area contributed by atoms with Crippen LogP contribution in [0, 0.1) is 23.7 Å². The molecule has 0 amide bonds. The molecule has 15 heavy (non-hydrogen) atoms. The molecular weight excluding hydrogens is 184 g/mol. The van der Waals surface area contributed by atoms with Crippen molar-refractivity contribution in [3.8, 4) is 0 Å². The summed E-state index contributed by atoms with van der Waals surface area (Å²) < 4.78 is 6.41. The molecule has 5 atom stereocenters. The fourth-order valence-corrected chi connectivity index (χ4v) is 4.10. The molecule has 86 valence electrons. The molecule has 0 aromatic heterocycles. The van der Waals surface area contributed by atoms with Gasteiger partial charge in [-0.1, -0.05) is 20.3 Å². The van der Waals surface area contributed by atoms with Gasteiger partial charge in [0.05, 0.1) is 12.2 Å². The standard InChI is InChI=1S/C14H24O/c1-10-4-3-5-11(2)14(10)7-6-12-8-13(12)9-15-14/h10-13H,3-9H2,1-2H3/t10-,11+,12-,13-,14?/m1/s1. The zero-order valence-electron chi connectivity index (χ0n) is 10.2. The van der Waals surface area contributed by atoms with Gasteiger partial charge in [-0.25, -0.2) is 0 Å². The Morgan fingerprint density at radius 3 is 2.47 bits per heavy atom. The van der Waals surface area contributed by atoms with Crippen molar-refractivity contribution >= 4 is 0 Å². The SMILES string of the molecule is C[C@@H]1CCC[C@H](C)C12CC[C@@H]1C[C@@H]1CO2. The van der Waals surface area contributed by atoms with Gasteiger partial charge in [-0.15, -0.1) is 0 Å². The highest BCUT2D eigenvalue weighted by atomic mass is 16.5. The Morgan fingerprint density at radius 2 is 1.73 bits per heavy atom. The molecule has 0 bridgehead atoms. The molecule has 1 nitrogen and oxygen atoms in total. The second-order valence-electron chi connectivity index (χ2n) is 6.29. The molecular formula is C14H24O. The Balaban J connectivity index is 1.79. The summed E-state index contributed by atoms with van der Waals surface area (Å²) >= 11 is 0. The average molecular weight is 208 g/mol. The van der Waals surface area contributed by atoms with Gasteiger partial charge in [-0.3, -0.25) is 0 Å². The summed E-state index contributed by atoms with van der Waals surface area (Å²) in [5, 5.41) is 0.